The van der Waals surface area contributed by atoms with Crippen LogP contribution in [0.3, 0.4) is 0 Å². The normalized spacial score (nSPS) is 12.5. The Hall–Kier alpha value is -0.820. The first-order valence-electron chi connectivity index (χ1n) is 8.57. The van der Waals surface area contributed by atoms with Crippen LogP contribution in [-0.4, -0.2) is 5.11 Å². The van der Waals surface area contributed by atoms with Crippen molar-refractivity contribution in [3.05, 3.63) is 35.9 Å². The molecule has 0 saturated carbocycles. The van der Waals surface area contributed by atoms with Gasteiger partial charge in [-0.25, -0.2) is 0 Å². The fourth-order valence-corrected chi connectivity index (χ4v) is 2.67. The fourth-order valence-electron chi connectivity index (χ4n) is 2.67. The van der Waals surface area contributed by atoms with E-state index in [0.717, 1.165) is 18.4 Å². The van der Waals surface area contributed by atoms with Gasteiger partial charge in [-0.1, -0.05) is 101 Å². The van der Waals surface area contributed by atoms with Gasteiger partial charge in [0.05, 0.1) is 6.10 Å². The second kappa shape index (κ2) is 12.0. The number of rotatable bonds is 12. The Morgan fingerprint density at radius 2 is 1.25 bits per heavy atom. The zero-order valence-electron chi connectivity index (χ0n) is 13.2. The largest absolute Gasteiger partial charge is 0.388 e. The van der Waals surface area contributed by atoms with Gasteiger partial charge in [0.15, 0.2) is 0 Å². The molecule has 0 aromatic heterocycles. The molecule has 20 heavy (non-hydrogen) atoms. The quantitative estimate of drug-likeness (QED) is 0.462. The van der Waals surface area contributed by atoms with Crippen molar-refractivity contribution in [3.63, 3.8) is 0 Å². The van der Waals surface area contributed by atoms with E-state index < -0.39 is 0 Å². The summed E-state index contributed by atoms with van der Waals surface area (Å²) in [6.45, 7) is 2.27. The van der Waals surface area contributed by atoms with Crippen LogP contribution in [0.4, 0.5) is 0 Å². The third-order valence-electron chi connectivity index (χ3n) is 4.02. The average molecular weight is 276 g/mol. The molecule has 0 amide bonds. The highest BCUT2D eigenvalue weighted by atomic mass is 16.3. The summed E-state index contributed by atoms with van der Waals surface area (Å²) in [6.07, 6.45) is 14.1. The zero-order valence-corrected chi connectivity index (χ0v) is 13.2. The highest BCUT2D eigenvalue weighted by molar-refractivity contribution is 5.16. The standard InChI is InChI=1S/C19H32O/c1-2-3-4-5-6-7-8-9-10-14-17-19(20)18-15-12-11-13-16-18/h11-13,15-16,19-20H,2-10,14,17H2,1H3. The summed E-state index contributed by atoms with van der Waals surface area (Å²) in [5, 5.41) is 10.0. The van der Waals surface area contributed by atoms with Crippen molar-refractivity contribution in [3.8, 4) is 0 Å². The smallest absolute Gasteiger partial charge is 0.0790 e. The Kier molecular flexibility index (Phi) is 10.3. The lowest BCUT2D eigenvalue weighted by atomic mass is 10.0. The van der Waals surface area contributed by atoms with Crippen LogP contribution < -0.4 is 0 Å². The lowest BCUT2D eigenvalue weighted by molar-refractivity contribution is 0.163. The van der Waals surface area contributed by atoms with E-state index in [-0.39, 0.29) is 6.10 Å². The Labute approximate surface area is 125 Å². The van der Waals surface area contributed by atoms with Crippen molar-refractivity contribution in [1.82, 2.24) is 0 Å². The maximum atomic E-state index is 10.0. The van der Waals surface area contributed by atoms with Crippen molar-refractivity contribution in [2.75, 3.05) is 0 Å². The molecule has 114 valence electrons. The van der Waals surface area contributed by atoms with E-state index in [1.54, 1.807) is 0 Å². The Balaban J connectivity index is 1.90. The van der Waals surface area contributed by atoms with Gasteiger partial charge in [-0.3, -0.25) is 0 Å². The summed E-state index contributed by atoms with van der Waals surface area (Å²) in [7, 11) is 0. The van der Waals surface area contributed by atoms with Crippen molar-refractivity contribution >= 4 is 0 Å². The summed E-state index contributed by atoms with van der Waals surface area (Å²) in [5.74, 6) is 0. The van der Waals surface area contributed by atoms with E-state index in [2.05, 4.69) is 6.92 Å². The fraction of sp³-hybridized carbons (Fsp3) is 0.684. The van der Waals surface area contributed by atoms with Crippen LogP contribution in [0.15, 0.2) is 30.3 Å². The van der Waals surface area contributed by atoms with Gasteiger partial charge in [0, 0.05) is 0 Å². The van der Waals surface area contributed by atoms with Crippen molar-refractivity contribution < 1.29 is 5.11 Å². The van der Waals surface area contributed by atoms with Crippen molar-refractivity contribution in [2.45, 2.75) is 83.7 Å². The van der Waals surface area contributed by atoms with Gasteiger partial charge in [0.1, 0.15) is 0 Å². The van der Waals surface area contributed by atoms with Gasteiger partial charge in [-0.15, -0.1) is 0 Å². The maximum Gasteiger partial charge on any atom is 0.0790 e. The van der Waals surface area contributed by atoms with Crippen LogP contribution in [0.2, 0.25) is 0 Å². The molecule has 0 aliphatic rings. The minimum Gasteiger partial charge on any atom is -0.388 e. The van der Waals surface area contributed by atoms with Gasteiger partial charge in [0.25, 0.3) is 0 Å². The monoisotopic (exact) mass is 276 g/mol. The van der Waals surface area contributed by atoms with Crippen LogP contribution in [0.5, 0.6) is 0 Å². The van der Waals surface area contributed by atoms with Gasteiger partial charge in [-0.05, 0) is 12.0 Å². The van der Waals surface area contributed by atoms with Crippen LogP contribution in [0.1, 0.15) is 89.2 Å². The molecule has 1 N–H and O–H groups in total. The SMILES string of the molecule is CCCCCCCCCCCCC(O)c1ccccc1. The molecule has 1 heteroatoms. The molecule has 0 radical (unpaired) electrons. The van der Waals surface area contributed by atoms with E-state index in [1.807, 2.05) is 30.3 Å². The van der Waals surface area contributed by atoms with E-state index >= 15 is 0 Å². The molecule has 0 saturated heterocycles. The molecule has 0 aliphatic heterocycles. The minimum absolute atomic E-state index is 0.273. The molecule has 1 aromatic rings. The van der Waals surface area contributed by atoms with Crippen LogP contribution in [0, 0.1) is 0 Å². The molecule has 1 unspecified atom stereocenters. The second-order valence-electron chi connectivity index (χ2n) is 5.90. The molecule has 0 fully saturated rings. The maximum absolute atomic E-state index is 10.0. The molecule has 0 heterocycles. The lowest BCUT2D eigenvalue weighted by Gasteiger charge is -2.10. The molecular weight excluding hydrogens is 244 g/mol. The number of unbranched alkanes of at least 4 members (excludes halogenated alkanes) is 9. The van der Waals surface area contributed by atoms with E-state index in [9.17, 15) is 5.11 Å². The Bertz CT molecular complexity index is 307. The number of hydrogen-bond acceptors (Lipinski definition) is 1. The molecule has 1 atom stereocenters. The summed E-state index contributed by atoms with van der Waals surface area (Å²) in [5.41, 5.74) is 1.06. The molecule has 0 spiro atoms. The molecular formula is C19H32O. The number of aliphatic hydroxyl groups is 1. The lowest BCUT2D eigenvalue weighted by Crippen LogP contribution is -1.96. The predicted molar refractivity (Wildman–Crippen MR) is 87.9 cm³/mol. The number of hydrogen-bond donors (Lipinski definition) is 1. The summed E-state index contributed by atoms with van der Waals surface area (Å²) < 4.78 is 0. The summed E-state index contributed by atoms with van der Waals surface area (Å²) >= 11 is 0. The first kappa shape index (κ1) is 17.2. The van der Waals surface area contributed by atoms with Crippen molar-refractivity contribution in [2.24, 2.45) is 0 Å². The van der Waals surface area contributed by atoms with Gasteiger partial charge < -0.3 is 5.11 Å². The zero-order chi connectivity index (χ0) is 14.5. The second-order valence-corrected chi connectivity index (χ2v) is 5.90. The predicted octanol–water partition coefficient (Wildman–Crippen LogP) is 6.03. The highest BCUT2D eigenvalue weighted by Crippen LogP contribution is 2.20. The van der Waals surface area contributed by atoms with Gasteiger partial charge >= 0.3 is 0 Å². The summed E-state index contributed by atoms with van der Waals surface area (Å²) in [6, 6.07) is 10.0. The molecule has 1 aromatic carbocycles. The average Bonchev–Trinajstić information content (AvgIpc) is 2.50. The van der Waals surface area contributed by atoms with E-state index in [0.29, 0.717) is 0 Å². The number of aliphatic hydroxyl groups excluding tert-OH is 1. The molecule has 0 aliphatic carbocycles. The first-order valence-corrected chi connectivity index (χ1v) is 8.57. The van der Waals surface area contributed by atoms with Crippen LogP contribution in [-0.2, 0) is 0 Å². The topological polar surface area (TPSA) is 20.2 Å². The van der Waals surface area contributed by atoms with Gasteiger partial charge in [-0.2, -0.15) is 0 Å². The molecule has 1 rings (SSSR count). The van der Waals surface area contributed by atoms with Crippen LogP contribution >= 0.6 is 0 Å². The summed E-state index contributed by atoms with van der Waals surface area (Å²) in [4.78, 5) is 0. The van der Waals surface area contributed by atoms with E-state index in [4.69, 9.17) is 0 Å². The first-order chi connectivity index (χ1) is 9.84. The number of benzene rings is 1. The minimum atomic E-state index is -0.273. The van der Waals surface area contributed by atoms with Crippen LogP contribution in [0.25, 0.3) is 0 Å². The van der Waals surface area contributed by atoms with E-state index in [1.165, 1.54) is 57.8 Å². The molecule has 0 bridgehead atoms. The Morgan fingerprint density at radius 3 is 1.80 bits per heavy atom. The third kappa shape index (κ3) is 8.37. The van der Waals surface area contributed by atoms with Gasteiger partial charge in [0.2, 0.25) is 0 Å². The van der Waals surface area contributed by atoms with Crippen molar-refractivity contribution in [1.29, 1.82) is 0 Å². The highest BCUT2D eigenvalue weighted by Gasteiger charge is 2.05. The molecule has 1 nitrogen and oxygen atoms in total. The Morgan fingerprint density at radius 1 is 0.750 bits per heavy atom. The third-order valence-corrected chi connectivity index (χ3v) is 4.02.